The van der Waals surface area contributed by atoms with E-state index in [0.29, 0.717) is 23.9 Å². The highest BCUT2D eigenvalue weighted by atomic mass is 31.2. The Kier molecular flexibility index (Phi) is 51.6. The smallest absolute Gasteiger partial charge is 0.306 e. The first-order chi connectivity index (χ1) is 36.0. The van der Waals surface area contributed by atoms with E-state index in [1.807, 2.05) is 21.1 Å². The Morgan fingerprint density at radius 3 is 1.16 bits per heavy atom. The Hall–Kier alpha value is -3.59. The van der Waals surface area contributed by atoms with Crippen molar-refractivity contribution in [1.82, 2.24) is 0 Å². The molecule has 0 saturated heterocycles. The van der Waals surface area contributed by atoms with Crippen LogP contribution >= 0.6 is 7.82 Å². The largest absolute Gasteiger partial charge is 0.756 e. The number of quaternary nitrogens is 1. The number of hydrogen-bond acceptors (Lipinski definition) is 8. The molecule has 0 fully saturated rings. The number of nitrogens with zero attached hydrogens (tertiary/aromatic N) is 1. The molecule has 0 N–H and O–H groups in total. The molecule has 9 nitrogen and oxygen atoms in total. The molecule has 2 atom stereocenters. The molecule has 0 aromatic carbocycles. The van der Waals surface area contributed by atoms with Crippen LogP contribution < -0.4 is 4.89 Å². The Bertz CT molecular complexity index is 1660. The summed E-state index contributed by atoms with van der Waals surface area (Å²) >= 11 is 0. The first kappa shape index (κ1) is 70.4. The summed E-state index contributed by atoms with van der Waals surface area (Å²) < 4.78 is 34.1. The van der Waals surface area contributed by atoms with E-state index in [1.54, 1.807) is 0 Å². The summed E-state index contributed by atoms with van der Waals surface area (Å²) in [4.78, 5) is 37.8. The molecule has 74 heavy (non-hydrogen) atoms. The minimum absolute atomic E-state index is 0.0387. The summed E-state index contributed by atoms with van der Waals surface area (Å²) in [6.45, 7) is 4.07. The molecule has 422 valence electrons. The highest BCUT2D eigenvalue weighted by molar-refractivity contribution is 7.45. The van der Waals surface area contributed by atoms with E-state index in [1.165, 1.54) is 64.2 Å². The van der Waals surface area contributed by atoms with E-state index in [0.717, 1.165) is 116 Å². The van der Waals surface area contributed by atoms with Crippen molar-refractivity contribution in [3.8, 4) is 0 Å². The van der Waals surface area contributed by atoms with Crippen molar-refractivity contribution in [1.29, 1.82) is 0 Å². The van der Waals surface area contributed by atoms with E-state index < -0.39 is 32.5 Å². The van der Waals surface area contributed by atoms with Crippen molar-refractivity contribution in [2.45, 2.75) is 225 Å². The molecular formula is C64H108NO8P. The molecule has 0 bridgehead atoms. The molecule has 0 heterocycles. The van der Waals surface area contributed by atoms with Crippen molar-refractivity contribution in [2.75, 3.05) is 47.5 Å². The molecule has 0 aromatic heterocycles. The Morgan fingerprint density at radius 1 is 0.432 bits per heavy atom. The Labute approximate surface area is 454 Å². The third-order valence-corrected chi connectivity index (χ3v) is 12.9. The lowest BCUT2D eigenvalue weighted by molar-refractivity contribution is -0.870. The number of phosphoric acid groups is 1. The highest BCUT2D eigenvalue weighted by Crippen LogP contribution is 2.38. The third kappa shape index (κ3) is 57.7. The Balaban J connectivity index is 4.12. The summed E-state index contributed by atoms with van der Waals surface area (Å²) in [5.74, 6) is -0.858. The van der Waals surface area contributed by atoms with Crippen molar-refractivity contribution in [3.63, 3.8) is 0 Å². The summed E-state index contributed by atoms with van der Waals surface area (Å²) in [5, 5.41) is 0. The predicted molar refractivity (Wildman–Crippen MR) is 314 cm³/mol. The van der Waals surface area contributed by atoms with E-state index in [9.17, 15) is 19.0 Å². The quantitative estimate of drug-likeness (QED) is 0.0195. The molecule has 0 radical (unpaired) electrons. The Morgan fingerprint density at radius 2 is 0.770 bits per heavy atom. The van der Waals surface area contributed by atoms with Crippen LogP contribution in [0.3, 0.4) is 0 Å². The van der Waals surface area contributed by atoms with Crippen LogP contribution in [0.1, 0.15) is 219 Å². The van der Waals surface area contributed by atoms with E-state index in [-0.39, 0.29) is 26.1 Å². The van der Waals surface area contributed by atoms with Crippen LogP contribution in [0.4, 0.5) is 0 Å². The minimum Gasteiger partial charge on any atom is -0.756 e. The van der Waals surface area contributed by atoms with Crippen molar-refractivity contribution in [3.05, 3.63) is 122 Å². The van der Waals surface area contributed by atoms with Gasteiger partial charge in [0.1, 0.15) is 19.8 Å². The topological polar surface area (TPSA) is 111 Å². The maximum absolute atomic E-state index is 12.8. The van der Waals surface area contributed by atoms with Gasteiger partial charge in [-0.2, -0.15) is 0 Å². The van der Waals surface area contributed by atoms with Gasteiger partial charge in [-0.25, -0.2) is 0 Å². The second kappa shape index (κ2) is 54.2. The van der Waals surface area contributed by atoms with Gasteiger partial charge in [0.05, 0.1) is 27.7 Å². The molecular weight excluding hydrogens is 942 g/mol. The van der Waals surface area contributed by atoms with Crippen LogP contribution in [0.15, 0.2) is 122 Å². The van der Waals surface area contributed by atoms with Gasteiger partial charge in [-0.15, -0.1) is 0 Å². The number of carbonyl (C=O) groups is 2. The molecule has 10 heteroatoms. The van der Waals surface area contributed by atoms with Gasteiger partial charge in [-0.05, 0) is 109 Å². The van der Waals surface area contributed by atoms with E-state index >= 15 is 0 Å². The van der Waals surface area contributed by atoms with Gasteiger partial charge in [0.15, 0.2) is 6.10 Å². The predicted octanol–water partition coefficient (Wildman–Crippen LogP) is 17.7. The van der Waals surface area contributed by atoms with Crippen LogP contribution in [0.5, 0.6) is 0 Å². The SMILES string of the molecule is CC/C=C\C/C=C\C/C=C\C/C=C\C/C=C\C/C=C\C/C=C\C/C=C\C/C=C\CCCCCCCCCCCC(=O)OC(COC(=O)CCCCCCC/C=C\CCCCCC)COP(=O)([O-])OCC[N+](C)(C)C. The summed E-state index contributed by atoms with van der Waals surface area (Å²) in [7, 11) is 1.14. The van der Waals surface area contributed by atoms with Crippen LogP contribution in [-0.4, -0.2) is 70.0 Å². The molecule has 0 saturated carbocycles. The minimum atomic E-state index is -4.64. The van der Waals surface area contributed by atoms with Crippen LogP contribution in [0, 0.1) is 0 Å². The van der Waals surface area contributed by atoms with E-state index in [4.69, 9.17) is 18.5 Å². The van der Waals surface area contributed by atoms with Crippen molar-refractivity contribution >= 4 is 19.8 Å². The first-order valence-corrected chi connectivity index (χ1v) is 30.7. The van der Waals surface area contributed by atoms with Gasteiger partial charge >= 0.3 is 11.9 Å². The average Bonchev–Trinajstić information content (AvgIpc) is 3.36. The number of carbonyl (C=O) groups excluding carboxylic acids is 2. The molecule has 0 aliphatic heterocycles. The second-order valence-electron chi connectivity index (χ2n) is 20.3. The lowest BCUT2D eigenvalue weighted by Crippen LogP contribution is -2.37. The number of phosphoric ester groups is 1. The lowest BCUT2D eigenvalue weighted by atomic mass is 10.1. The maximum Gasteiger partial charge on any atom is 0.306 e. The van der Waals surface area contributed by atoms with Crippen LogP contribution in [-0.2, 0) is 32.7 Å². The standard InChI is InChI=1S/C64H108NO8P/c1-6-8-10-12-14-16-18-20-21-22-23-24-25-26-27-28-29-30-31-32-33-34-35-36-37-38-39-40-41-42-43-45-47-49-51-53-55-57-64(67)73-62(61-72-74(68,69)71-59-58-65(3,4)5)60-70-63(66)56-54-52-50-48-46-44-19-17-15-13-11-9-7-2/h8,10,14,16-17,19-21,23-24,26-27,29-30,32-33,35-36,38-39,62H,6-7,9,11-13,15,18,22,25,28,31,34,37,40-61H2,1-5H3/b10-8-,16-14-,19-17-,21-20-,24-23-,27-26-,30-29-,33-32-,36-35-,39-38-. The number of ether oxygens (including phenoxy) is 2. The summed E-state index contributed by atoms with van der Waals surface area (Å²) in [6.07, 6.45) is 76.8. The van der Waals surface area contributed by atoms with Crippen LogP contribution in [0.25, 0.3) is 0 Å². The van der Waals surface area contributed by atoms with Gasteiger partial charge in [0, 0.05) is 12.8 Å². The number of rotatable bonds is 52. The number of likely N-dealkylation sites (N-methyl/N-ethyl adjacent to an activating group) is 1. The molecule has 2 unspecified atom stereocenters. The van der Waals surface area contributed by atoms with Gasteiger partial charge in [0.25, 0.3) is 7.82 Å². The fraction of sp³-hybridized carbons (Fsp3) is 0.656. The zero-order valence-corrected chi connectivity index (χ0v) is 48.6. The van der Waals surface area contributed by atoms with Crippen molar-refractivity contribution < 1.29 is 42.1 Å². The average molecular weight is 1050 g/mol. The molecule has 0 aliphatic carbocycles. The second-order valence-corrected chi connectivity index (χ2v) is 21.7. The highest BCUT2D eigenvalue weighted by Gasteiger charge is 2.21. The number of esters is 2. The normalized spacial score (nSPS) is 14.2. The number of allylic oxidation sites excluding steroid dienone is 20. The monoisotopic (exact) mass is 1050 g/mol. The number of unbranched alkanes of at least 4 members (excludes halogenated alkanes) is 18. The molecule has 0 spiro atoms. The fourth-order valence-corrected chi connectivity index (χ4v) is 8.19. The molecule has 0 aliphatic rings. The van der Waals surface area contributed by atoms with Gasteiger partial charge in [0.2, 0.25) is 0 Å². The third-order valence-electron chi connectivity index (χ3n) is 12.0. The van der Waals surface area contributed by atoms with Gasteiger partial charge in [-0.3, -0.25) is 14.2 Å². The summed E-state index contributed by atoms with van der Waals surface area (Å²) in [6, 6.07) is 0. The molecule has 0 rings (SSSR count). The zero-order valence-electron chi connectivity index (χ0n) is 47.7. The van der Waals surface area contributed by atoms with E-state index in [2.05, 4.69) is 135 Å². The van der Waals surface area contributed by atoms with Gasteiger partial charge in [-0.1, -0.05) is 219 Å². The molecule has 0 aromatic rings. The lowest BCUT2D eigenvalue weighted by Gasteiger charge is -2.28. The number of hydrogen-bond donors (Lipinski definition) is 0. The fourth-order valence-electron chi connectivity index (χ4n) is 7.47. The molecule has 0 amide bonds. The first-order valence-electron chi connectivity index (χ1n) is 29.2. The van der Waals surface area contributed by atoms with Crippen LogP contribution in [0.2, 0.25) is 0 Å². The van der Waals surface area contributed by atoms with Crippen molar-refractivity contribution in [2.24, 2.45) is 0 Å². The maximum atomic E-state index is 12.8. The van der Waals surface area contributed by atoms with Gasteiger partial charge < -0.3 is 27.9 Å². The zero-order chi connectivity index (χ0) is 54.2. The summed E-state index contributed by atoms with van der Waals surface area (Å²) in [5.41, 5.74) is 0.